The van der Waals surface area contributed by atoms with E-state index >= 15 is 0 Å². The zero-order valence-electron chi connectivity index (χ0n) is 9.83. The third-order valence-electron chi connectivity index (χ3n) is 2.94. The van der Waals surface area contributed by atoms with E-state index in [1.807, 2.05) is 0 Å². The number of aryl methyl sites for hydroxylation is 1. The fourth-order valence-corrected chi connectivity index (χ4v) is 2.59. The van der Waals surface area contributed by atoms with Gasteiger partial charge in [-0.2, -0.15) is 4.37 Å². The van der Waals surface area contributed by atoms with Crippen LogP contribution in [0.4, 0.5) is 5.13 Å². The Kier molecular flexibility index (Phi) is 4.54. The molecule has 1 aromatic rings. The fraction of sp³-hybridized carbons (Fsp3) is 0.818. The predicted octanol–water partition coefficient (Wildman–Crippen LogP) is 1.90. The van der Waals surface area contributed by atoms with Gasteiger partial charge in [0, 0.05) is 24.5 Å². The summed E-state index contributed by atoms with van der Waals surface area (Å²) in [5.74, 6) is 1.78. The maximum Gasteiger partial charge on any atom is 0.202 e. The molecule has 5 heteroatoms. The molecule has 0 aliphatic carbocycles. The van der Waals surface area contributed by atoms with Crippen LogP contribution in [0.2, 0.25) is 0 Å². The zero-order valence-corrected chi connectivity index (χ0v) is 10.6. The zero-order chi connectivity index (χ0) is 11.2. The van der Waals surface area contributed by atoms with Crippen LogP contribution < -0.4 is 10.6 Å². The number of anilines is 1. The summed E-state index contributed by atoms with van der Waals surface area (Å²) in [4.78, 5) is 4.47. The van der Waals surface area contributed by atoms with E-state index in [0.717, 1.165) is 49.3 Å². The predicted molar refractivity (Wildman–Crippen MR) is 68.0 cm³/mol. The smallest absolute Gasteiger partial charge is 0.202 e. The van der Waals surface area contributed by atoms with Gasteiger partial charge in [-0.15, -0.1) is 0 Å². The molecule has 0 unspecified atom stereocenters. The minimum absolute atomic E-state index is 0.791. The molecule has 90 valence electrons. The molecule has 1 fully saturated rings. The SMILES string of the molecule is CCCc1nsc(NCC2CCNCC2)n1. The first kappa shape index (κ1) is 11.8. The van der Waals surface area contributed by atoms with Crippen LogP contribution in [0.3, 0.4) is 0 Å². The van der Waals surface area contributed by atoms with Crippen LogP contribution in [0.25, 0.3) is 0 Å². The Morgan fingerprint density at radius 3 is 3.00 bits per heavy atom. The van der Waals surface area contributed by atoms with E-state index in [4.69, 9.17) is 0 Å². The second-order valence-electron chi connectivity index (χ2n) is 4.34. The average molecular weight is 240 g/mol. The number of nitrogens with zero attached hydrogens (tertiary/aromatic N) is 2. The molecule has 0 atom stereocenters. The summed E-state index contributed by atoms with van der Waals surface area (Å²) in [6, 6.07) is 0. The standard InChI is InChI=1S/C11H20N4S/c1-2-3-10-14-11(16-15-10)13-8-9-4-6-12-7-5-9/h9,12H,2-8H2,1H3,(H,13,14,15). The molecule has 1 aromatic heterocycles. The van der Waals surface area contributed by atoms with Gasteiger partial charge in [0.05, 0.1) is 0 Å². The van der Waals surface area contributed by atoms with Gasteiger partial charge in [-0.3, -0.25) is 0 Å². The number of piperidine rings is 1. The van der Waals surface area contributed by atoms with Crippen LogP contribution in [0.5, 0.6) is 0 Å². The van der Waals surface area contributed by atoms with Crippen molar-refractivity contribution in [2.45, 2.75) is 32.6 Å². The molecule has 0 bridgehead atoms. The van der Waals surface area contributed by atoms with Crippen molar-refractivity contribution in [2.24, 2.45) is 5.92 Å². The van der Waals surface area contributed by atoms with Gasteiger partial charge in [-0.25, -0.2) is 4.98 Å². The van der Waals surface area contributed by atoms with Gasteiger partial charge in [-0.1, -0.05) is 6.92 Å². The van der Waals surface area contributed by atoms with Crippen molar-refractivity contribution < 1.29 is 0 Å². The molecule has 1 aliphatic rings. The minimum Gasteiger partial charge on any atom is -0.360 e. The number of nitrogens with one attached hydrogen (secondary N) is 2. The van der Waals surface area contributed by atoms with Gasteiger partial charge in [0.25, 0.3) is 0 Å². The topological polar surface area (TPSA) is 49.8 Å². The van der Waals surface area contributed by atoms with Crippen molar-refractivity contribution in [3.8, 4) is 0 Å². The Labute approximate surface area is 101 Å². The lowest BCUT2D eigenvalue weighted by Gasteiger charge is -2.22. The lowest BCUT2D eigenvalue weighted by molar-refractivity contribution is 0.390. The van der Waals surface area contributed by atoms with Gasteiger partial charge in [-0.05, 0) is 38.3 Å². The normalized spacial score (nSPS) is 17.6. The Balaban J connectivity index is 1.75. The summed E-state index contributed by atoms with van der Waals surface area (Å²) in [5.41, 5.74) is 0. The molecule has 4 nitrogen and oxygen atoms in total. The van der Waals surface area contributed by atoms with E-state index in [-0.39, 0.29) is 0 Å². The van der Waals surface area contributed by atoms with Gasteiger partial charge in [0.1, 0.15) is 5.82 Å². The van der Waals surface area contributed by atoms with E-state index in [2.05, 4.69) is 26.9 Å². The summed E-state index contributed by atoms with van der Waals surface area (Å²) >= 11 is 1.49. The van der Waals surface area contributed by atoms with Crippen molar-refractivity contribution in [1.29, 1.82) is 0 Å². The van der Waals surface area contributed by atoms with Crippen molar-refractivity contribution in [3.05, 3.63) is 5.82 Å². The molecular formula is C11H20N4S. The van der Waals surface area contributed by atoms with E-state index in [1.54, 1.807) is 0 Å². The fourth-order valence-electron chi connectivity index (χ4n) is 1.97. The highest BCUT2D eigenvalue weighted by Gasteiger charge is 2.13. The molecule has 2 rings (SSSR count). The molecule has 1 saturated heterocycles. The molecular weight excluding hydrogens is 220 g/mol. The molecule has 0 spiro atoms. The van der Waals surface area contributed by atoms with Crippen molar-refractivity contribution in [2.75, 3.05) is 25.0 Å². The van der Waals surface area contributed by atoms with Gasteiger partial charge in [0.15, 0.2) is 0 Å². The third kappa shape index (κ3) is 3.42. The van der Waals surface area contributed by atoms with Crippen LogP contribution in [0, 0.1) is 5.92 Å². The molecule has 0 amide bonds. The summed E-state index contributed by atoms with van der Waals surface area (Å²) < 4.78 is 4.33. The average Bonchev–Trinajstić information content (AvgIpc) is 2.76. The van der Waals surface area contributed by atoms with Crippen LogP contribution in [0.1, 0.15) is 32.0 Å². The highest BCUT2D eigenvalue weighted by atomic mass is 32.1. The summed E-state index contributed by atoms with van der Waals surface area (Å²) in [6.45, 7) is 5.51. The molecule has 0 aromatic carbocycles. The Hall–Kier alpha value is -0.680. The second kappa shape index (κ2) is 6.15. The van der Waals surface area contributed by atoms with Gasteiger partial charge < -0.3 is 10.6 Å². The van der Waals surface area contributed by atoms with Crippen molar-refractivity contribution in [1.82, 2.24) is 14.7 Å². The number of aromatic nitrogens is 2. The lowest BCUT2D eigenvalue weighted by atomic mass is 9.98. The maximum absolute atomic E-state index is 4.47. The Bertz CT molecular complexity index is 307. The van der Waals surface area contributed by atoms with E-state index in [1.165, 1.54) is 24.4 Å². The van der Waals surface area contributed by atoms with Crippen LogP contribution >= 0.6 is 11.5 Å². The Morgan fingerprint density at radius 1 is 1.44 bits per heavy atom. The van der Waals surface area contributed by atoms with Crippen LogP contribution in [-0.4, -0.2) is 29.0 Å². The first-order valence-electron chi connectivity index (χ1n) is 6.15. The quantitative estimate of drug-likeness (QED) is 0.825. The summed E-state index contributed by atoms with van der Waals surface area (Å²) in [7, 11) is 0. The molecule has 1 aliphatic heterocycles. The molecule has 2 N–H and O–H groups in total. The summed E-state index contributed by atoms with van der Waals surface area (Å²) in [6.07, 6.45) is 4.65. The van der Waals surface area contributed by atoms with Gasteiger partial charge in [0.2, 0.25) is 5.13 Å². The number of hydrogen-bond donors (Lipinski definition) is 2. The highest BCUT2D eigenvalue weighted by molar-refractivity contribution is 7.09. The summed E-state index contributed by atoms with van der Waals surface area (Å²) in [5, 5.41) is 7.78. The first-order valence-corrected chi connectivity index (χ1v) is 6.93. The van der Waals surface area contributed by atoms with Crippen LogP contribution in [-0.2, 0) is 6.42 Å². The van der Waals surface area contributed by atoms with E-state index < -0.39 is 0 Å². The minimum atomic E-state index is 0.791. The van der Waals surface area contributed by atoms with Crippen molar-refractivity contribution >= 4 is 16.7 Å². The maximum atomic E-state index is 4.47. The Morgan fingerprint density at radius 2 is 2.25 bits per heavy atom. The van der Waals surface area contributed by atoms with E-state index in [9.17, 15) is 0 Å². The largest absolute Gasteiger partial charge is 0.360 e. The van der Waals surface area contributed by atoms with Crippen molar-refractivity contribution in [3.63, 3.8) is 0 Å². The molecule has 0 saturated carbocycles. The first-order chi connectivity index (χ1) is 7.88. The number of hydrogen-bond acceptors (Lipinski definition) is 5. The molecule has 16 heavy (non-hydrogen) atoms. The molecule has 0 radical (unpaired) electrons. The number of rotatable bonds is 5. The second-order valence-corrected chi connectivity index (χ2v) is 5.09. The molecule has 2 heterocycles. The monoisotopic (exact) mass is 240 g/mol. The highest BCUT2D eigenvalue weighted by Crippen LogP contribution is 2.16. The van der Waals surface area contributed by atoms with Crippen LogP contribution in [0.15, 0.2) is 0 Å². The van der Waals surface area contributed by atoms with E-state index in [0.29, 0.717) is 0 Å². The lowest BCUT2D eigenvalue weighted by Crippen LogP contribution is -2.31. The third-order valence-corrected chi connectivity index (χ3v) is 3.65. The van der Waals surface area contributed by atoms with Gasteiger partial charge >= 0.3 is 0 Å².